The van der Waals surface area contributed by atoms with Crippen molar-refractivity contribution in [1.29, 1.82) is 0 Å². The van der Waals surface area contributed by atoms with E-state index in [1.807, 2.05) is 13.8 Å². The van der Waals surface area contributed by atoms with Gasteiger partial charge in [-0.25, -0.2) is 0 Å². The first-order chi connectivity index (χ1) is 8.52. The SMILES string of the molecule is CCCNc1cc(NCC(O)C(C)C)nc(N)n1. The fourth-order valence-electron chi connectivity index (χ4n) is 1.34. The monoisotopic (exact) mass is 253 g/mol. The highest BCUT2D eigenvalue weighted by atomic mass is 16.3. The van der Waals surface area contributed by atoms with Crippen LogP contribution in [0, 0.1) is 5.92 Å². The molecule has 0 saturated carbocycles. The van der Waals surface area contributed by atoms with E-state index in [-0.39, 0.29) is 11.9 Å². The molecule has 0 aliphatic heterocycles. The molecule has 0 amide bonds. The zero-order valence-electron chi connectivity index (χ0n) is 11.3. The molecule has 1 heterocycles. The lowest BCUT2D eigenvalue weighted by Gasteiger charge is -2.16. The van der Waals surface area contributed by atoms with Crippen molar-refractivity contribution in [1.82, 2.24) is 9.97 Å². The van der Waals surface area contributed by atoms with Crippen molar-refractivity contribution >= 4 is 17.6 Å². The summed E-state index contributed by atoms with van der Waals surface area (Å²) < 4.78 is 0. The van der Waals surface area contributed by atoms with Crippen molar-refractivity contribution < 1.29 is 5.11 Å². The summed E-state index contributed by atoms with van der Waals surface area (Å²) in [7, 11) is 0. The molecule has 1 aromatic heterocycles. The number of nitrogens with two attached hydrogens (primary N) is 1. The first kappa shape index (κ1) is 14.5. The predicted molar refractivity (Wildman–Crippen MR) is 74.6 cm³/mol. The van der Waals surface area contributed by atoms with Crippen molar-refractivity contribution in [3.8, 4) is 0 Å². The van der Waals surface area contributed by atoms with Gasteiger partial charge >= 0.3 is 0 Å². The van der Waals surface area contributed by atoms with Crippen LogP contribution in [0.1, 0.15) is 27.2 Å². The smallest absolute Gasteiger partial charge is 0.223 e. The number of hydrogen-bond donors (Lipinski definition) is 4. The van der Waals surface area contributed by atoms with Crippen molar-refractivity contribution in [3.05, 3.63) is 6.07 Å². The van der Waals surface area contributed by atoms with Gasteiger partial charge < -0.3 is 21.5 Å². The minimum Gasteiger partial charge on any atom is -0.391 e. The lowest BCUT2D eigenvalue weighted by atomic mass is 10.1. The Labute approximate surface area is 108 Å². The third kappa shape index (κ3) is 4.75. The van der Waals surface area contributed by atoms with Crippen LogP contribution in [0.4, 0.5) is 17.6 Å². The Kier molecular flexibility index (Phi) is 5.64. The van der Waals surface area contributed by atoms with Gasteiger partial charge in [0, 0.05) is 19.2 Å². The minimum absolute atomic E-state index is 0.203. The highest BCUT2D eigenvalue weighted by Crippen LogP contribution is 2.13. The molecule has 1 unspecified atom stereocenters. The third-order valence-electron chi connectivity index (χ3n) is 2.56. The molecule has 0 aliphatic carbocycles. The van der Waals surface area contributed by atoms with Gasteiger partial charge in [-0.05, 0) is 12.3 Å². The van der Waals surface area contributed by atoms with E-state index in [2.05, 4.69) is 27.5 Å². The van der Waals surface area contributed by atoms with Gasteiger partial charge in [-0.1, -0.05) is 20.8 Å². The third-order valence-corrected chi connectivity index (χ3v) is 2.56. The Hall–Kier alpha value is -1.56. The van der Waals surface area contributed by atoms with Gasteiger partial charge in [-0.15, -0.1) is 0 Å². The lowest BCUT2D eigenvalue weighted by molar-refractivity contribution is 0.138. The number of aromatic nitrogens is 2. The lowest BCUT2D eigenvalue weighted by Crippen LogP contribution is -2.25. The average molecular weight is 253 g/mol. The van der Waals surface area contributed by atoms with E-state index in [0.717, 1.165) is 13.0 Å². The summed E-state index contributed by atoms with van der Waals surface area (Å²) in [5.41, 5.74) is 5.63. The Balaban J connectivity index is 2.62. The molecule has 6 heteroatoms. The Morgan fingerprint density at radius 2 is 1.89 bits per heavy atom. The van der Waals surface area contributed by atoms with Gasteiger partial charge in [0.1, 0.15) is 11.6 Å². The molecular weight excluding hydrogens is 230 g/mol. The summed E-state index contributed by atoms with van der Waals surface area (Å²) >= 11 is 0. The molecule has 1 atom stereocenters. The number of nitrogen functional groups attached to an aromatic ring is 1. The van der Waals surface area contributed by atoms with E-state index < -0.39 is 6.10 Å². The van der Waals surface area contributed by atoms with Crippen LogP contribution in [-0.2, 0) is 0 Å². The highest BCUT2D eigenvalue weighted by molar-refractivity contribution is 5.51. The second kappa shape index (κ2) is 7.00. The largest absolute Gasteiger partial charge is 0.391 e. The van der Waals surface area contributed by atoms with Crippen molar-refractivity contribution in [2.45, 2.75) is 33.3 Å². The van der Waals surface area contributed by atoms with Crippen molar-refractivity contribution in [3.63, 3.8) is 0 Å². The topological polar surface area (TPSA) is 96.1 Å². The molecule has 0 aromatic carbocycles. The van der Waals surface area contributed by atoms with Gasteiger partial charge in [0.15, 0.2) is 0 Å². The first-order valence-corrected chi connectivity index (χ1v) is 6.33. The van der Waals surface area contributed by atoms with Gasteiger partial charge in [-0.3, -0.25) is 0 Å². The van der Waals surface area contributed by atoms with Crippen LogP contribution in [0.15, 0.2) is 6.07 Å². The molecule has 0 spiro atoms. The first-order valence-electron chi connectivity index (χ1n) is 6.33. The van der Waals surface area contributed by atoms with Crippen LogP contribution in [0.3, 0.4) is 0 Å². The second-order valence-corrected chi connectivity index (χ2v) is 4.62. The van der Waals surface area contributed by atoms with Crippen LogP contribution in [0.5, 0.6) is 0 Å². The zero-order chi connectivity index (χ0) is 13.5. The fourth-order valence-corrected chi connectivity index (χ4v) is 1.34. The summed E-state index contributed by atoms with van der Waals surface area (Å²) in [4.78, 5) is 8.16. The summed E-state index contributed by atoms with van der Waals surface area (Å²) in [6.45, 7) is 7.30. The van der Waals surface area contributed by atoms with E-state index in [4.69, 9.17) is 5.73 Å². The van der Waals surface area contributed by atoms with Crippen molar-refractivity contribution in [2.24, 2.45) is 5.92 Å². The predicted octanol–water partition coefficient (Wildman–Crippen LogP) is 1.31. The molecule has 0 aliphatic rings. The fraction of sp³-hybridized carbons (Fsp3) is 0.667. The van der Waals surface area contributed by atoms with E-state index in [1.165, 1.54) is 0 Å². The number of aliphatic hydroxyl groups is 1. The summed E-state index contributed by atoms with van der Waals surface area (Å²) in [5, 5.41) is 15.9. The molecule has 5 N–H and O–H groups in total. The van der Waals surface area contributed by atoms with E-state index >= 15 is 0 Å². The highest BCUT2D eigenvalue weighted by Gasteiger charge is 2.09. The van der Waals surface area contributed by atoms with Gasteiger partial charge in [0.2, 0.25) is 5.95 Å². The van der Waals surface area contributed by atoms with E-state index in [9.17, 15) is 5.11 Å². The Morgan fingerprint density at radius 3 is 2.44 bits per heavy atom. The quantitative estimate of drug-likeness (QED) is 0.585. The molecule has 102 valence electrons. The number of aliphatic hydroxyl groups excluding tert-OH is 1. The molecule has 18 heavy (non-hydrogen) atoms. The number of nitrogens with zero attached hydrogens (tertiary/aromatic N) is 2. The van der Waals surface area contributed by atoms with E-state index in [0.29, 0.717) is 18.2 Å². The standard InChI is InChI=1S/C12H23N5O/c1-4-5-14-10-6-11(17-12(13)16-10)15-7-9(18)8(2)3/h6,8-9,18H,4-5,7H2,1-3H3,(H4,13,14,15,16,17). The average Bonchev–Trinajstić information content (AvgIpc) is 2.32. The zero-order valence-corrected chi connectivity index (χ0v) is 11.3. The van der Waals surface area contributed by atoms with Crippen LogP contribution < -0.4 is 16.4 Å². The number of nitrogens with one attached hydrogen (secondary N) is 2. The summed E-state index contributed by atoms with van der Waals surface area (Å²) in [6.07, 6.45) is 0.604. The maximum atomic E-state index is 9.72. The number of anilines is 3. The molecule has 0 bridgehead atoms. The molecule has 1 rings (SSSR count). The second-order valence-electron chi connectivity index (χ2n) is 4.62. The van der Waals surface area contributed by atoms with E-state index in [1.54, 1.807) is 6.07 Å². The molecule has 0 radical (unpaired) electrons. The molecule has 0 saturated heterocycles. The van der Waals surface area contributed by atoms with Crippen LogP contribution >= 0.6 is 0 Å². The molecule has 6 nitrogen and oxygen atoms in total. The Morgan fingerprint density at radius 1 is 1.28 bits per heavy atom. The van der Waals surface area contributed by atoms with Gasteiger partial charge in [0.25, 0.3) is 0 Å². The van der Waals surface area contributed by atoms with Crippen LogP contribution in [0.25, 0.3) is 0 Å². The summed E-state index contributed by atoms with van der Waals surface area (Å²) in [5.74, 6) is 1.75. The Bertz CT molecular complexity index is 369. The molecule has 0 fully saturated rings. The van der Waals surface area contributed by atoms with Crippen molar-refractivity contribution in [2.75, 3.05) is 29.5 Å². The van der Waals surface area contributed by atoms with Gasteiger partial charge in [0.05, 0.1) is 6.10 Å². The minimum atomic E-state index is -0.409. The molecular formula is C12H23N5O. The number of rotatable bonds is 7. The maximum Gasteiger partial charge on any atom is 0.223 e. The maximum absolute atomic E-state index is 9.72. The number of hydrogen-bond acceptors (Lipinski definition) is 6. The van der Waals surface area contributed by atoms with Gasteiger partial charge in [-0.2, -0.15) is 9.97 Å². The molecule has 1 aromatic rings. The summed E-state index contributed by atoms with van der Waals surface area (Å²) in [6, 6.07) is 1.79. The van der Waals surface area contributed by atoms with Crippen LogP contribution in [-0.4, -0.2) is 34.3 Å². The normalized spacial score (nSPS) is 12.5. The van der Waals surface area contributed by atoms with Crippen LogP contribution in [0.2, 0.25) is 0 Å².